The summed E-state index contributed by atoms with van der Waals surface area (Å²) in [5.74, 6) is 0.133. The number of rotatable bonds is 16. The molecule has 0 saturated carbocycles. The minimum atomic E-state index is -0.660. The van der Waals surface area contributed by atoms with E-state index in [1.54, 1.807) is 34.4 Å². The number of aromatic nitrogens is 1. The summed E-state index contributed by atoms with van der Waals surface area (Å²) in [6.45, 7) is 6.17. The zero-order valence-corrected chi connectivity index (χ0v) is 33.6. The number of ether oxygens (including phenoxy) is 1. The average molecular weight is 848 g/mol. The van der Waals surface area contributed by atoms with E-state index in [2.05, 4.69) is 45.5 Å². The first kappa shape index (κ1) is 40.4. The number of amides is 4. The standard InChI is InChI=1S/C37H50IN7O4S2/c1-26(2)35-41-31(25-51-35)22-44(4)37(48)45-18-17-43(3)23-33(45)34(46)40-29(19-27-11-7-5-8-12-27)15-16-30(20-28-13-9-6-10-14-28)42-36(47)49-24-32(50)21-39-38/h5-14,21,25-26,29-30,33,39,50H,15-20,22-24H2,1-4H3,(H,40,46)(H,42,47)/b32-21-/t29-,30+,33+/m0/s1. The van der Waals surface area contributed by atoms with Crippen LogP contribution in [0, 0.1) is 0 Å². The van der Waals surface area contributed by atoms with E-state index in [0.717, 1.165) is 21.8 Å². The van der Waals surface area contributed by atoms with Crippen LogP contribution in [-0.4, -0.2) is 96.2 Å². The smallest absolute Gasteiger partial charge is 0.407 e. The van der Waals surface area contributed by atoms with Crippen molar-refractivity contribution in [3.63, 3.8) is 0 Å². The summed E-state index contributed by atoms with van der Waals surface area (Å²) in [5.41, 5.74) is 3.02. The molecule has 1 saturated heterocycles. The Hall–Kier alpha value is -3.34. The fourth-order valence-corrected chi connectivity index (χ4v) is 7.54. The third kappa shape index (κ3) is 13.3. The van der Waals surface area contributed by atoms with Crippen LogP contribution in [-0.2, 0) is 28.9 Å². The molecular formula is C37H50IN7O4S2. The number of nitrogens with one attached hydrogen (secondary N) is 3. The molecule has 0 aliphatic carbocycles. The Morgan fingerprint density at radius 1 is 1.02 bits per heavy atom. The van der Waals surface area contributed by atoms with Crippen LogP contribution in [0.2, 0.25) is 0 Å². The molecule has 11 nitrogen and oxygen atoms in total. The average Bonchev–Trinajstić information content (AvgIpc) is 3.59. The number of thiol groups is 1. The van der Waals surface area contributed by atoms with E-state index < -0.39 is 12.1 Å². The molecule has 1 aromatic heterocycles. The third-order valence-corrected chi connectivity index (χ3v) is 10.4. The Morgan fingerprint density at radius 3 is 2.20 bits per heavy atom. The van der Waals surface area contributed by atoms with Gasteiger partial charge in [0.2, 0.25) is 5.91 Å². The highest BCUT2D eigenvalue weighted by Gasteiger charge is 2.36. The van der Waals surface area contributed by atoms with Crippen molar-refractivity contribution >= 4 is 64.9 Å². The maximum Gasteiger partial charge on any atom is 0.407 e. The number of carbonyl (C=O) groups is 3. The lowest BCUT2D eigenvalue weighted by Crippen LogP contribution is -2.62. The van der Waals surface area contributed by atoms with Crippen molar-refractivity contribution in [2.45, 2.75) is 70.1 Å². The lowest BCUT2D eigenvalue weighted by Gasteiger charge is -2.41. The number of urea groups is 1. The molecule has 0 unspecified atom stereocenters. The van der Waals surface area contributed by atoms with E-state index in [-0.39, 0.29) is 30.6 Å². The summed E-state index contributed by atoms with van der Waals surface area (Å²) in [5, 5.41) is 9.39. The maximum atomic E-state index is 14.2. The first-order chi connectivity index (χ1) is 24.5. The van der Waals surface area contributed by atoms with E-state index in [0.29, 0.717) is 62.7 Å². The second kappa shape index (κ2) is 20.6. The molecule has 3 aromatic rings. The van der Waals surface area contributed by atoms with Crippen molar-refractivity contribution in [3.05, 3.63) is 99.0 Å². The Bertz CT molecular complexity index is 1580. The molecule has 3 atom stereocenters. The number of nitrogens with zero attached hydrogens (tertiary/aromatic N) is 4. The molecule has 0 radical (unpaired) electrons. The molecule has 276 valence electrons. The highest BCUT2D eigenvalue weighted by atomic mass is 127. The van der Waals surface area contributed by atoms with Crippen LogP contribution in [0.5, 0.6) is 0 Å². The van der Waals surface area contributed by atoms with Gasteiger partial charge in [-0.1, -0.05) is 74.5 Å². The number of carbonyl (C=O) groups excluding carboxylic acids is 3. The van der Waals surface area contributed by atoms with E-state index in [1.165, 1.54) is 0 Å². The minimum absolute atomic E-state index is 0.0404. The molecule has 1 aliphatic rings. The Kier molecular flexibility index (Phi) is 16.4. The van der Waals surface area contributed by atoms with Crippen molar-refractivity contribution in [3.8, 4) is 0 Å². The van der Waals surface area contributed by atoms with Crippen LogP contribution in [0.25, 0.3) is 0 Å². The summed E-state index contributed by atoms with van der Waals surface area (Å²) in [4.78, 5) is 51.6. The number of benzene rings is 2. The molecule has 1 fully saturated rings. The van der Waals surface area contributed by atoms with Crippen molar-refractivity contribution in [1.82, 2.24) is 33.8 Å². The van der Waals surface area contributed by atoms with Crippen LogP contribution in [0.15, 0.2) is 77.1 Å². The molecule has 51 heavy (non-hydrogen) atoms. The molecule has 1 aliphatic heterocycles. The Morgan fingerprint density at radius 2 is 1.63 bits per heavy atom. The molecule has 14 heteroatoms. The molecule has 0 bridgehead atoms. The summed E-state index contributed by atoms with van der Waals surface area (Å²) in [6, 6.07) is 18.7. The first-order valence-electron chi connectivity index (χ1n) is 17.2. The lowest BCUT2D eigenvalue weighted by molar-refractivity contribution is -0.128. The predicted octanol–water partition coefficient (Wildman–Crippen LogP) is 5.99. The van der Waals surface area contributed by atoms with Gasteiger partial charge in [0.05, 0.1) is 40.1 Å². The van der Waals surface area contributed by atoms with Crippen molar-refractivity contribution in [2.24, 2.45) is 0 Å². The highest BCUT2D eigenvalue weighted by Crippen LogP contribution is 2.21. The number of piperazine rings is 1. The van der Waals surface area contributed by atoms with Gasteiger partial charge in [0.1, 0.15) is 12.6 Å². The highest BCUT2D eigenvalue weighted by molar-refractivity contribution is 14.1. The molecule has 3 N–H and O–H groups in total. The van der Waals surface area contributed by atoms with Crippen LogP contribution >= 0.6 is 46.8 Å². The van der Waals surface area contributed by atoms with E-state index in [1.807, 2.05) is 96.0 Å². The Balaban J connectivity index is 1.48. The van der Waals surface area contributed by atoms with E-state index >= 15 is 0 Å². The number of hydrogen-bond acceptors (Lipinski definition) is 9. The molecule has 4 amide bonds. The van der Waals surface area contributed by atoms with Crippen molar-refractivity contribution in [2.75, 3.05) is 40.3 Å². The predicted molar refractivity (Wildman–Crippen MR) is 215 cm³/mol. The van der Waals surface area contributed by atoms with Gasteiger partial charge in [-0.25, -0.2) is 14.6 Å². The van der Waals surface area contributed by atoms with Gasteiger partial charge in [-0.2, -0.15) is 0 Å². The van der Waals surface area contributed by atoms with Gasteiger partial charge < -0.3 is 33.6 Å². The normalized spacial score (nSPS) is 16.3. The maximum absolute atomic E-state index is 14.2. The molecule has 2 heterocycles. The van der Waals surface area contributed by atoms with Gasteiger partial charge >= 0.3 is 12.1 Å². The second-order valence-corrected chi connectivity index (χ2v) is 15.4. The number of halogens is 1. The summed E-state index contributed by atoms with van der Waals surface area (Å²) in [7, 11) is 3.74. The van der Waals surface area contributed by atoms with Crippen LogP contribution < -0.4 is 14.2 Å². The monoisotopic (exact) mass is 847 g/mol. The Labute approximate surface area is 325 Å². The van der Waals surface area contributed by atoms with Crippen molar-refractivity contribution in [1.29, 1.82) is 0 Å². The second-order valence-electron chi connectivity index (χ2n) is 13.3. The van der Waals surface area contributed by atoms with Crippen molar-refractivity contribution < 1.29 is 19.1 Å². The van der Waals surface area contributed by atoms with Gasteiger partial charge in [-0.15, -0.1) is 24.0 Å². The summed E-state index contributed by atoms with van der Waals surface area (Å²) < 4.78 is 8.27. The summed E-state index contributed by atoms with van der Waals surface area (Å²) in [6.07, 6.45) is 3.49. The molecule has 2 aromatic carbocycles. The van der Waals surface area contributed by atoms with Gasteiger partial charge in [0, 0.05) is 61.2 Å². The van der Waals surface area contributed by atoms with E-state index in [9.17, 15) is 14.4 Å². The van der Waals surface area contributed by atoms with Crippen LogP contribution in [0.1, 0.15) is 54.4 Å². The molecule has 0 spiro atoms. The molecule has 4 rings (SSSR count). The SMILES string of the molecule is CC(C)c1nc(CN(C)C(=O)N2CCN(C)C[C@@H]2C(=O)N[C@@H](CC[C@H](Cc2ccccc2)NC(=O)OC/C(S)=C/NI)Cc2ccccc2)cs1. The fraction of sp³-hybridized carbons (Fsp3) is 0.459. The lowest BCUT2D eigenvalue weighted by atomic mass is 9.95. The van der Waals surface area contributed by atoms with E-state index in [4.69, 9.17) is 9.72 Å². The number of thiazole rings is 1. The van der Waals surface area contributed by atoms with Gasteiger partial charge in [-0.05, 0) is 43.9 Å². The largest absolute Gasteiger partial charge is 0.444 e. The zero-order valence-electron chi connectivity index (χ0n) is 29.8. The molecular weight excluding hydrogens is 797 g/mol. The number of likely N-dealkylation sites (N-methyl/N-ethyl adjacent to an activating group) is 1. The van der Waals surface area contributed by atoms with Gasteiger partial charge in [0.15, 0.2) is 0 Å². The minimum Gasteiger partial charge on any atom is -0.444 e. The topological polar surface area (TPSA) is 119 Å². The van der Waals surface area contributed by atoms with Gasteiger partial charge in [0.25, 0.3) is 0 Å². The number of alkyl carbamates (subject to hydrolysis) is 1. The van der Waals surface area contributed by atoms with Crippen LogP contribution in [0.3, 0.4) is 0 Å². The first-order valence-corrected chi connectivity index (χ1v) is 19.6. The third-order valence-electron chi connectivity index (χ3n) is 8.68. The quantitative estimate of drug-likeness (QED) is 0.0796. The van der Waals surface area contributed by atoms with Gasteiger partial charge in [-0.3, -0.25) is 4.79 Å². The zero-order chi connectivity index (χ0) is 36.8. The number of hydrogen-bond donors (Lipinski definition) is 4. The fourth-order valence-electron chi connectivity index (χ4n) is 5.96. The summed E-state index contributed by atoms with van der Waals surface area (Å²) >= 11 is 7.90. The van der Waals surface area contributed by atoms with Crippen LogP contribution in [0.4, 0.5) is 9.59 Å².